The third-order valence-corrected chi connectivity index (χ3v) is 2.35. The van der Waals surface area contributed by atoms with E-state index in [1.807, 2.05) is 6.92 Å². The molecule has 0 aliphatic rings. The van der Waals surface area contributed by atoms with E-state index in [0.717, 1.165) is 23.8 Å². The lowest BCUT2D eigenvalue weighted by atomic mass is 10.1. The third kappa shape index (κ3) is 1.21. The maximum absolute atomic E-state index is 12.9. The molecule has 1 heterocycles. The molecule has 0 aliphatic carbocycles. The molecule has 0 spiro atoms. The summed E-state index contributed by atoms with van der Waals surface area (Å²) in [5.41, 5.74) is 2.19. The van der Waals surface area contributed by atoms with E-state index in [1.165, 1.54) is 12.1 Å². The van der Waals surface area contributed by atoms with Crippen molar-refractivity contribution in [2.24, 2.45) is 0 Å². The number of benzene rings is 1. The zero-order valence-electron chi connectivity index (χ0n) is 7.80. The molecular weight excluding hydrogens is 181 g/mol. The van der Waals surface area contributed by atoms with Crippen LogP contribution in [0.1, 0.15) is 23.0 Å². The summed E-state index contributed by atoms with van der Waals surface area (Å²) in [7, 11) is 0. The molecule has 0 aliphatic heterocycles. The highest BCUT2D eigenvalue weighted by atomic mass is 19.1. The van der Waals surface area contributed by atoms with Crippen molar-refractivity contribution in [1.82, 2.24) is 4.98 Å². The average molecular weight is 191 g/mol. The highest BCUT2D eigenvalue weighted by molar-refractivity contribution is 5.98. The lowest BCUT2D eigenvalue weighted by molar-refractivity contribution is 0.112. The first kappa shape index (κ1) is 8.94. The fraction of sp³-hybridized carbons (Fsp3) is 0.182. The van der Waals surface area contributed by atoms with Gasteiger partial charge in [-0.2, -0.15) is 0 Å². The number of hydrogen-bond acceptors (Lipinski definition) is 1. The second kappa shape index (κ2) is 3.25. The van der Waals surface area contributed by atoms with Gasteiger partial charge in [0, 0.05) is 22.2 Å². The quantitative estimate of drug-likeness (QED) is 0.727. The summed E-state index contributed by atoms with van der Waals surface area (Å²) in [6.45, 7) is 1.95. The van der Waals surface area contributed by atoms with Gasteiger partial charge in [0.25, 0.3) is 0 Å². The Morgan fingerprint density at radius 2 is 2.29 bits per heavy atom. The van der Waals surface area contributed by atoms with Crippen LogP contribution in [-0.4, -0.2) is 11.3 Å². The summed E-state index contributed by atoms with van der Waals surface area (Å²) in [4.78, 5) is 13.9. The monoisotopic (exact) mass is 191 g/mol. The molecule has 0 bridgehead atoms. The van der Waals surface area contributed by atoms with Crippen molar-refractivity contribution in [1.29, 1.82) is 0 Å². The van der Waals surface area contributed by atoms with Gasteiger partial charge in [0.15, 0.2) is 6.29 Å². The summed E-state index contributed by atoms with van der Waals surface area (Å²) in [5.74, 6) is -0.293. The molecule has 1 N–H and O–H groups in total. The molecule has 1 aromatic heterocycles. The molecule has 0 fully saturated rings. The summed E-state index contributed by atoms with van der Waals surface area (Å²) in [5, 5.41) is 0.790. The van der Waals surface area contributed by atoms with Gasteiger partial charge in [0.05, 0.1) is 0 Å². The van der Waals surface area contributed by atoms with Crippen molar-refractivity contribution >= 4 is 17.2 Å². The molecule has 2 aromatic rings. The number of H-pyrrole nitrogens is 1. The van der Waals surface area contributed by atoms with Crippen molar-refractivity contribution in [3.63, 3.8) is 0 Å². The number of hydrogen-bond donors (Lipinski definition) is 1. The van der Waals surface area contributed by atoms with Crippen LogP contribution in [0.25, 0.3) is 10.9 Å². The third-order valence-electron chi connectivity index (χ3n) is 2.35. The van der Waals surface area contributed by atoms with Crippen molar-refractivity contribution in [2.75, 3.05) is 0 Å². The number of carbonyl (C=O) groups excluding carboxylic acids is 1. The number of rotatable bonds is 2. The lowest BCUT2D eigenvalue weighted by Crippen LogP contribution is -1.85. The first-order valence-electron chi connectivity index (χ1n) is 4.51. The van der Waals surface area contributed by atoms with E-state index in [-0.39, 0.29) is 5.82 Å². The fourth-order valence-electron chi connectivity index (χ4n) is 1.66. The fourth-order valence-corrected chi connectivity index (χ4v) is 1.66. The van der Waals surface area contributed by atoms with Gasteiger partial charge in [0.2, 0.25) is 0 Å². The Hall–Kier alpha value is -1.64. The van der Waals surface area contributed by atoms with Gasteiger partial charge in [-0.15, -0.1) is 0 Å². The number of fused-ring (bicyclic) bond motifs is 1. The molecule has 0 radical (unpaired) electrons. The van der Waals surface area contributed by atoms with Crippen LogP contribution in [0, 0.1) is 5.82 Å². The van der Waals surface area contributed by atoms with Crippen molar-refractivity contribution in [3.05, 3.63) is 35.3 Å². The standard InChI is InChI=1S/C11H10FNO/c1-2-10-9(6-14)8-4-3-7(12)5-11(8)13-10/h3-6,13H,2H2,1H3. The van der Waals surface area contributed by atoms with Gasteiger partial charge < -0.3 is 4.98 Å². The molecule has 2 rings (SSSR count). The second-order valence-electron chi connectivity index (χ2n) is 3.18. The average Bonchev–Trinajstić information content (AvgIpc) is 2.54. The molecule has 14 heavy (non-hydrogen) atoms. The van der Waals surface area contributed by atoms with Gasteiger partial charge in [-0.25, -0.2) is 4.39 Å². The van der Waals surface area contributed by atoms with Crippen molar-refractivity contribution < 1.29 is 9.18 Å². The van der Waals surface area contributed by atoms with Crippen molar-refractivity contribution in [3.8, 4) is 0 Å². The Bertz CT molecular complexity index is 487. The lowest BCUT2D eigenvalue weighted by Gasteiger charge is -1.91. The number of aromatic nitrogens is 1. The van der Waals surface area contributed by atoms with E-state index in [9.17, 15) is 9.18 Å². The molecule has 0 saturated carbocycles. The van der Waals surface area contributed by atoms with E-state index in [0.29, 0.717) is 11.1 Å². The number of nitrogens with one attached hydrogen (secondary N) is 1. The van der Waals surface area contributed by atoms with Crippen LogP contribution < -0.4 is 0 Å². The van der Waals surface area contributed by atoms with Crippen LogP contribution >= 0.6 is 0 Å². The maximum atomic E-state index is 12.9. The molecular formula is C11H10FNO. The molecule has 0 saturated heterocycles. The maximum Gasteiger partial charge on any atom is 0.152 e. The minimum absolute atomic E-state index is 0.293. The zero-order chi connectivity index (χ0) is 10.1. The molecule has 2 nitrogen and oxygen atoms in total. The van der Waals surface area contributed by atoms with E-state index in [1.54, 1.807) is 6.07 Å². The van der Waals surface area contributed by atoms with Crippen LogP contribution in [0.15, 0.2) is 18.2 Å². The predicted octanol–water partition coefficient (Wildman–Crippen LogP) is 2.68. The van der Waals surface area contributed by atoms with Crippen LogP contribution in [0.4, 0.5) is 4.39 Å². The van der Waals surface area contributed by atoms with E-state index < -0.39 is 0 Å². The Morgan fingerprint density at radius 3 is 2.93 bits per heavy atom. The Labute approximate surface area is 80.7 Å². The highest BCUT2D eigenvalue weighted by Crippen LogP contribution is 2.21. The first-order valence-corrected chi connectivity index (χ1v) is 4.51. The van der Waals surface area contributed by atoms with Crippen LogP contribution in [0.3, 0.4) is 0 Å². The topological polar surface area (TPSA) is 32.9 Å². The summed E-state index contributed by atoms with van der Waals surface area (Å²) < 4.78 is 12.9. The summed E-state index contributed by atoms with van der Waals surface area (Å²) in [6, 6.07) is 4.40. The minimum atomic E-state index is -0.293. The number of aryl methyl sites for hydroxylation is 1. The molecule has 1 aromatic carbocycles. The van der Waals surface area contributed by atoms with E-state index in [2.05, 4.69) is 4.98 Å². The second-order valence-corrected chi connectivity index (χ2v) is 3.18. The highest BCUT2D eigenvalue weighted by Gasteiger charge is 2.09. The summed E-state index contributed by atoms with van der Waals surface area (Å²) in [6.07, 6.45) is 1.56. The summed E-state index contributed by atoms with van der Waals surface area (Å²) >= 11 is 0. The zero-order valence-corrected chi connectivity index (χ0v) is 7.80. The van der Waals surface area contributed by atoms with Gasteiger partial charge in [-0.3, -0.25) is 4.79 Å². The number of halogens is 1. The predicted molar refractivity (Wildman–Crippen MR) is 53.0 cm³/mol. The number of carbonyl (C=O) groups is 1. The number of aldehydes is 1. The van der Waals surface area contributed by atoms with Gasteiger partial charge in [-0.1, -0.05) is 6.92 Å². The normalized spacial score (nSPS) is 10.7. The first-order chi connectivity index (χ1) is 6.76. The smallest absolute Gasteiger partial charge is 0.152 e. The Kier molecular flexibility index (Phi) is 2.08. The van der Waals surface area contributed by atoms with Gasteiger partial charge >= 0.3 is 0 Å². The van der Waals surface area contributed by atoms with E-state index >= 15 is 0 Å². The number of aromatic amines is 1. The Balaban J connectivity index is 2.79. The van der Waals surface area contributed by atoms with Gasteiger partial charge in [-0.05, 0) is 24.6 Å². The molecule has 72 valence electrons. The van der Waals surface area contributed by atoms with E-state index in [4.69, 9.17) is 0 Å². The largest absolute Gasteiger partial charge is 0.358 e. The minimum Gasteiger partial charge on any atom is -0.358 e. The van der Waals surface area contributed by atoms with Crippen LogP contribution in [0.5, 0.6) is 0 Å². The molecule has 3 heteroatoms. The Morgan fingerprint density at radius 1 is 1.50 bits per heavy atom. The van der Waals surface area contributed by atoms with Crippen LogP contribution in [-0.2, 0) is 6.42 Å². The molecule has 0 amide bonds. The SMILES string of the molecule is CCc1[nH]c2cc(F)ccc2c1C=O. The van der Waals surface area contributed by atoms with Crippen LogP contribution in [0.2, 0.25) is 0 Å². The van der Waals surface area contributed by atoms with Gasteiger partial charge in [0.1, 0.15) is 5.82 Å². The van der Waals surface area contributed by atoms with Crippen molar-refractivity contribution in [2.45, 2.75) is 13.3 Å². The molecule has 0 unspecified atom stereocenters. The molecule has 0 atom stereocenters.